The van der Waals surface area contributed by atoms with Gasteiger partial charge in [-0.1, -0.05) is 27.2 Å². The van der Waals surface area contributed by atoms with Gasteiger partial charge in [0.25, 0.3) is 0 Å². The topological polar surface area (TPSA) is 87.0 Å². The summed E-state index contributed by atoms with van der Waals surface area (Å²) >= 11 is 0. The van der Waals surface area contributed by atoms with E-state index in [4.69, 9.17) is 4.74 Å². The quantitative estimate of drug-likeness (QED) is 0.630. The first-order valence-electron chi connectivity index (χ1n) is 9.61. The lowest BCUT2D eigenvalue weighted by molar-refractivity contribution is -0.237. The maximum absolute atomic E-state index is 11.8. The van der Waals surface area contributed by atoms with Crippen LogP contribution in [0.25, 0.3) is 0 Å². The third-order valence-electron chi connectivity index (χ3n) is 8.25. The van der Waals surface area contributed by atoms with Crippen LogP contribution in [0.15, 0.2) is 11.6 Å². The lowest BCUT2D eigenvalue weighted by Gasteiger charge is -2.64. The van der Waals surface area contributed by atoms with Gasteiger partial charge in [0.05, 0.1) is 6.10 Å². The van der Waals surface area contributed by atoms with E-state index in [0.29, 0.717) is 18.4 Å². The Morgan fingerprint density at radius 3 is 2.72 bits per heavy atom. The van der Waals surface area contributed by atoms with E-state index in [1.54, 1.807) is 0 Å². The van der Waals surface area contributed by atoms with Crippen LogP contribution in [0, 0.1) is 34.5 Å². The third kappa shape index (κ3) is 2.22. The smallest absolute Gasteiger partial charge is 0.333 e. The minimum Gasteiger partial charge on any atom is -0.426 e. The van der Waals surface area contributed by atoms with E-state index < -0.39 is 17.9 Å². The van der Waals surface area contributed by atoms with E-state index in [0.717, 1.165) is 19.3 Å². The van der Waals surface area contributed by atoms with Crippen molar-refractivity contribution in [3.63, 3.8) is 0 Å². The summed E-state index contributed by atoms with van der Waals surface area (Å²) in [6.07, 6.45) is 5.00. The number of hydrogen-bond donors (Lipinski definition) is 3. The van der Waals surface area contributed by atoms with Crippen LogP contribution in [0.3, 0.4) is 0 Å². The molecule has 3 fully saturated rings. The molecule has 4 aliphatic rings. The molecule has 0 bridgehead atoms. The van der Waals surface area contributed by atoms with Crippen molar-refractivity contribution in [2.45, 2.75) is 64.8 Å². The first-order chi connectivity index (χ1) is 11.6. The van der Waals surface area contributed by atoms with Gasteiger partial charge >= 0.3 is 5.97 Å². The van der Waals surface area contributed by atoms with Crippen LogP contribution < -0.4 is 0 Å². The van der Waals surface area contributed by atoms with Gasteiger partial charge in [-0.2, -0.15) is 0 Å². The molecule has 3 saturated carbocycles. The largest absolute Gasteiger partial charge is 0.426 e. The highest BCUT2D eigenvalue weighted by Crippen LogP contribution is 2.66. The van der Waals surface area contributed by atoms with Crippen molar-refractivity contribution in [2.24, 2.45) is 34.5 Å². The summed E-state index contributed by atoms with van der Waals surface area (Å²) in [7, 11) is 0. The fourth-order valence-electron chi connectivity index (χ4n) is 7.01. The van der Waals surface area contributed by atoms with E-state index in [9.17, 15) is 20.1 Å². The summed E-state index contributed by atoms with van der Waals surface area (Å²) in [6, 6.07) is 0. The highest BCUT2D eigenvalue weighted by atomic mass is 16.7. The lowest BCUT2D eigenvalue weighted by Crippen LogP contribution is -2.62. The van der Waals surface area contributed by atoms with Gasteiger partial charge in [-0.15, -0.1) is 0 Å². The number of ether oxygens (including phenoxy) is 1. The average molecular weight is 350 g/mol. The van der Waals surface area contributed by atoms with Crippen LogP contribution in [-0.4, -0.2) is 39.8 Å². The number of carbonyl (C=O) groups excluding carboxylic acids is 1. The number of hydrogen-bond acceptors (Lipinski definition) is 5. The van der Waals surface area contributed by atoms with E-state index in [-0.39, 0.29) is 41.1 Å². The molecule has 0 amide bonds. The van der Waals surface area contributed by atoms with Crippen molar-refractivity contribution >= 4 is 5.97 Å². The Morgan fingerprint density at radius 1 is 1.32 bits per heavy atom. The molecule has 0 spiro atoms. The number of carbonyl (C=O) groups is 1. The summed E-state index contributed by atoms with van der Waals surface area (Å²) in [6.45, 7) is 6.51. The minimum absolute atomic E-state index is 0.0170. The Kier molecular flexibility index (Phi) is 3.71. The van der Waals surface area contributed by atoms with Crippen LogP contribution >= 0.6 is 0 Å². The summed E-state index contributed by atoms with van der Waals surface area (Å²) in [5.74, 6) is -1.81. The van der Waals surface area contributed by atoms with Crippen LogP contribution in [0.2, 0.25) is 0 Å². The predicted octanol–water partition coefficient (Wildman–Crippen LogP) is 2.00. The Morgan fingerprint density at radius 2 is 2.04 bits per heavy atom. The van der Waals surface area contributed by atoms with Crippen molar-refractivity contribution in [1.29, 1.82) is 0 Å². The number of fused-ring (bicyclic) bond motifs is 4. The van der Waals surface area contributed by atoms with Crippen LogP contribution in [0.5, 0.6) is 0 Å². The van der Waals surface area contributed by atoms with Gasteiger partial charge in [0.1, 0.15) is 0 Å². The van der Waals surface area contributed by atoms with Crippen LogP contribution in [0.1, 0.15) is 52.9 Å². The van der Waals surface area contributed by atoms with Gasteiger partial charge in [-0.3, -0.25) is 0 Å². The normalized spacial score (nSPS) is 54.9. The predicted molar refractivity (Wildman–Crippen MR) is 91.2 cm³/mol. The second-order valence-electron chi connectivity index (χ2n) is 9.51. The monoisotopic (exact) mass is 350 g/mol. The molecule has 0 aromatic heterocycles. The van der Waals surface area contributed by atoms with Crippen LogP contribution in [-0.2, 0) is 9.53 Å². The summed E-state index contributed by atoms with van der Waals surface area (Å²) in [4.78, 5) is 11.8. The van der Waals surface area contributed by atoms with Gasteiger partial charge in [-0.25, -0.2) is 4.79 Å². The highest BCUT2D eigenvalue weighted by molar-refractivity contribution is 5.86. The average Bonchev–Trinajstić information content (AvgIpc) is 2.85. The maximum Gasteiger partial charge on any atom is 0.333 e. The van der Waals surface area contributed by atoms with Crippen molar-refractivity contribution < 1.29 is 24.9 Å². The zero-order chi connectivity index (χ0) is 18.2. The van der Waals surface area contributed by atoms with E-state index in [2.05, 4.69) is 13.8 Å². The van der Waals surface area contributed by atoms with Gasteiger partial charge in [0.2, 0.25) is 5.79 Å². The second kappa shape index (κ2) is 5.30. The SMILES string of the molecule is C[C@H]1C2=CC(=O)O[C@]2(O)C[C@@H]2[C@@H]1[C@H](O)C[C@@H]1[C@@](C)(CO)CCC[C@]21C. The molecule has 0 radical (unpaired) electrons. The summed E-state index contributed by atoms with van der Waals surface area (Å²) in [5, 5.41) is 32.1. The summed E-state index contributed by atoms with van der Waals surface area (Å²) < 4.78 is 5.30. The molecular weight excluding hydrogens is 320 g/mol. The molecule has 1 aliphatic heterocycles. The molecule has 0 saturated heterocycles. The fraction of sp³-hybridized carbons (Fsp3) is 0.850. The zero-order valence-electron chi connectivity index (χ0n) is 15.4. The molecule has 3 aliphatic carbocycles. The molecular formula is C20H30O5. The maximum atomic E-state index is 11.8. The molecule has 5 nitrogen and oxygen atoms in total. The van der Waals surface area contributed by atoms with Gasteiger partial charge in [0, 0.05) is 24.7 Å². The Labute approximate surface area is 149 Å². The molecule has 25 heavy (non-hydrogen) atoms. The molecule has 1 heterocycles. The molecule has 5 heteroatoms. The molecule has 0 unspecified atom stereocenters. The molecule has 4 rings (SSSR count). The van der Waals surface area contributed by atoms with Crippen molar-refractivity contribution in [3.05, 3.63) is 11.6 Å². The second-order valence-corrected chi connectivity index (χ2v) is 9.51. The number of aliphatic hydroxyl groups excluding tert-OH is 2. The Hall–Kier alpha value is -0.910. The van der Waals surface area contributed by atoms with Gasteiger partial charge in [0.15, 0.2) is 0 Å². The van der Waals surface area contributed by atoms with E-state index in [1.165, 1.54) is 6.08 Å². The van der Waals surface area contributed by atoms with Gasteiger partial charge < -0.3 is 20.1 Å². The minimum atomic E-state index is -1.52. The van der Waals surface area contributed by atoms with E-state index >= 15 is 0 Å². The molecule has 0 aromatic carbocycles. The first kappa shape index (κ1) is 17.5. The van der Waals surface area contributed by atoms with Gasteiger partial charge in [-0.05, 0) is 53.8 Å². The third-order valence-corrected chi connectivity index (χ3v) is 8.25. The van der Waals surface area contributed by atoms with Crippen molar-refractivity contribution in [2.75, 3.05) is 6.61 Å². The van der Waals surface area contributed by atoms with Crippen molar-refractivity contribution in [1.82, 2.24) is 0 Å². The fourth-order valence-corrected chi connectivity index (χ4v) is 7.01. The van der Waals surface area contributed by atoms with Crippen molar-refractivity contribution in [3.8, 4) is 0 Å². The van der Waals surface area contributed by atoms with E-state index in [1.807, 2.05) is 6.92 Å². The number of esters is 1. The lowest BCUT2D eigenvalue weighted by atomic mass is 9.42. The number of aliphatic hydroxyl groups is 3. The Balaban J connectivity index is 1.78. The first-order valence-corrected chi connectivity index (χ1v) is 9.61. The Bertz CT molecular complexity index is 630. The standard InChI is InChI=1S/C20H30O5/c1-11-12-7-16(23)25-20(12,24)9-13-17(11)14(22)8-15-18(2,10-21)5-4-6-19(13,15)3/h7,11,13-15,17,21-22,24H,4-6,8-10H2,1-3H3/t11-,13+,14+,15+,17+,18+,19+,20+/m0/s1. The summed E-state index contributed by atoms with van der Waals surface area (Å²) in [5.41, 5.74) is 0.345. The molecule has 140 valence electrons. The molecule has 0 aromatic rings. The number of rotatable bonds is 1. The highest BCUT2D eigenvalue weighted by Gasteiger charge is 2.65. The van der Waals surface area contributed by atoms with Crippen LogP contribution in [0.4, 0.5) is 0 Å². The zero-order valence-corrected chi connectivity index (χ0v) is 15.4. The molecule has 3 N–H and O–H groups in total. The molecule has 8 atom stereocenters.